The van der Waals surface area contributed by atoms with Crippen LogP contribution in [0, 0.1) is 17.5 Å². The molecule has 2 aromatic rings. The molecule has 0 radical (unpaired) electrons. The fourth-order valence-electron chi connectivity index (χ4n) is 2.02. The molecule has 0 aliphatic carbocycles. The summed E-state index contributed by atoms with van der Waals surface area (Å²) in [6, 6.07) is 2.74. The van der Waals surface area contributed by atoms with Crippen LogP contribution in [0.3, 0.4) is 0 Å². The average molecular weight is 362 g/mol. The second-order valence-corrected chi connectivity index (χ2v) is 5.19. The third kappa shape index (κ3) is 4.65. The number of amides is 2. The van der Waals surface area contributed by atoms with Crippen LogP contribution in [-0.2, 0) is 6.18 Å². The molecule has 2 amide bonds. The molecule has 2 aromatic carbocycles. The van der Waals surface area contributed by atoms with Gasteiger partial charge in [0, 0.05) is 0 Å². The van der Waals surface area contributed by atoms with Crippen molar-refractivity contribution in [3.63, 3.8) is 0 Å². The zero-order chi connectivity index (χ0) is 18.8. The first-order valence-corrected chi connectivity index (χ1v) is 6.97. The van der Waals surface area contributed by atoms with E-state index in [-0.39, 0.29) is 5.56 Å². The second kappa shape index (κ2) is 7.04. The molecule has 25 heavy (non-hydrogen) atoms. The number of hydrogen-bond donors (Lipinski definition) is 2. The van der Waals surface area contributed by atoms with Gasteiger partial charge in [-0.25, -0.2) is 18.0 Å². The molecule has 2 rings (SSSR count). The third-order valence-electron chi connectivity index (χ3n) is 3.33. The Labute approximate surface area is 138 Å². The minimum absolute atomic E-state index is 0.221. The Bertz CT molecular complexity index is 791. The summed E-state index contributed by atoms with van der Waals surface area (Å²) in [5.41, 5.74) is -1.57. The molecule has 2 N–H and O–H groups in total. The first-order valence-electron chi connectivity index (χ1n) is 6.97. The van der Waals surface area contributed by atoms with Crippen molar-refractivity contribution in [1.29, 1.82) is 0 Å². The molecule has 1 atom stereocenters. The summed E-state index contributed by atoms with van der Waals surface area (Å²) in [6.07, 6.45) is -4.69. The predicted octanol–water partition coefficient (Wildman–Crippen LogP) is 5.01. The van der Waals surface area contributed by atoms with Crippen LogP contribution in [0.15, 0.2) is 36.4 Å². The topological polar surface area (TPSA) is 41.1 Å². The summed E-state index contributed by atoms with van der Waals surface area (Å²) in [6.45, 7) is 1.44. The molecule has 0 bridgehead atoms. The van der Waals surface area contributed by atoms with E-state index in [1.54, 1.807) is 0 Å². The van der Waals surface area contributed by atoms with Crippen LogP contribution in [-0.4, -0.2) is 6.03 Å². The third-order valence-corrected chi connectivity index (χ3v) is 3.33. The predicted molar refractivity (Wildman–Crippen MR) is 78.3 cm³/mol. The van der Waals surface area contributed by atoms with Crippen LogP contribution in [0.4, 0.5) is 36.8 Å². The van der Waals surface area contributed by atoms with Crippen molar-refractivity contribution < 1.29 is 31.1 Å². The minimum atomic E-state index is -4.69. The highest BCUT2D eigenvalue weighted by Gasteiger charge is 2.31. The van der Waals surface area contributed by atoms with Crippen molar-refractivity contribution in [1.82, 2.24) is 5.32 Å². The summed E-state index contributed by atoms with van der Waals surface area (Å²) in [4.78, 5) is 11.8. The van der Waals surface area contributed by atoms with Gasteiger partial charge in [0.2, 0.25) is 0 Å². The van der Waals surface area contributed by atoms with Gasteiger partial charge in [-0.05, 0) is 42.8 Å². The van der Waals surface area contributed by atoms with Gasteiger partial charge in [0.1, 0.15) is 5.82 Å². The number of urea groups is 1. The fraction of sp³-hybridized carbons (Fsp3) is 0.188. The van der Waals surface area contributed by atoms with Crippen molar-refractivity contribution in [3.05, 3.63) is 65.0 Å². The molecule has 0 saturated carbocycles. The highest BCUT2D eigenvalue weighted by atomic mass is 19.4. The number of hydrogen-bond acceptors (Lipinski definition) is 1. The SMILES string of the molecule is CC(NC(=O)Nc1cc(C(F)(F)F)ccc1F)c1ccc(F)c(F)c1. The molecule has 0 aliphatic rings. The molecule has 0 fully saturated rings. The molecule has 9 heteroatoms. The average Bonchev–Trinajstić information content (AvgIpc) is 2.50. The van der Waals surface area contributed by atoms with Gasteiger partial charge in [0.15, 0.2) is 11.6 Å². The van der Waals surface area contributed by atoms with Crippen molar-refractivity contribution in [2.75, 3.05) is 5.32 Å². The quantitative estimate of drug-likeness (QED) is 0.741. The summed E-state index contributed by atoms with van der Waals surface area (Å²) >= 11 is 0. The van der Waals surface area contributed by atoms with Crippen molar-refractivity contribution >= 4 is 11.7 Å². The van der Waals surface area contributed by atoms with Gasteiger partial charge >= 0.3 is 12.2 Å². The van der Waals surface area contributed by atoms with E-state index in [0.717, 1.165) is 12.1 Å². The monoisotopic (exact) mass is 362 g/mol. The van der Waals surface area contributed by atoms with Crippen molar-refractivity contribution in [3.8, 4) is 0 Å². The molecular weight excluding hydrogens is 350 g/mol. The van der Waals surface area contributed by atoms with E-state index in [0.29, 0.717) is 18.2 Å². The number of alkyl halides is 3. The first kappa shape index (κ1) is 18.6. The Balaban J connectivity index is 2.10. The fourth-order valence-corrected chi connectivity index (χ4v) is 2.02. The standard InChI is InChI=1S/C16H12F6N2O/c1-8(9-2-4-11(17)13(19)6-9)23-15(25)24-14-7-10(16(20,21)22)3-5-12(14)18/h2-8H,1H3,(H2,23,24,25). The lowest BCUT2D eigenvalue weighted by Gasteiger charge is -2.16. The first-order chi connectivity index (χ1) is 11.6. The summed E-state index contributed by atoms with van der Waals surface area (Å²) in [5.74, 6) is -3.23. The molecule has 134 valence electrons. The van der Waals surface area contributed by atoms with E-state index in [1.165, 1.54) is 13.0 Å². The molecule has 0 aromatic heterocycles. The lowest BCUT2D eigenvalue weighted by atomic mass is 10.1. The number of halogens is 6. The maximum atomic E-state index is 13.6. The Morgan fingerprint density at radius 3 is 2.20 bits per heavy atom. The van der Waals surface area contributed by atoms with E-state index in [4.69, 9.17) is 0 Å². The lowest BCUT2D eigenvalue weighted by molar-refractivity contribution is -0.137. The lowest BCUT2D eigenvalue weighted by Crippen LogP contribution is -2.31. The molecule has 0 spiro atoms. The Morgan fingerprint density at radius 2 is 1.60 bits per heavy atom. The van der Waals surface area contributed by atoms with Gasteiger partial charge in [0.05, 0.1) is 17.3 Å². The number of anilines is 1. The van der Waals surface area contributed by atoms with E-state index >= 15 is 0 Å². The van der Waals surface area contributed by atoms with E-state index in [9.17, 15) is 31.1 Å². The second-order valence-electron chi connectivity index (χ2n) is 5.19. The minimum Gasteiger partial charge on any atom is -0.331 e. The van der Waals surface area contributed by atoms with Gasteiger partial charge in [-0.3, -0.25) is 0 Å². The number of carbonyl (C=O) groups excluding carboxylic acids is 1. The van der Waals surface area contributed by atoms with Crippen LogP contribution >= 0.6 is 0 Å². The molecule has 0 aliphatic heterocycles. The zero-order valence-corrected chi connectivity index (χ0v) is 12.7. The van der Waals surface area contributed by atoms with Crippen molar-refractivity contribution in [2.45, 2.75) is 19.1 Å². The maximum absolute atomic E-state index is 13.6. The van der Waals surface area contributed by atoms with Crippen LogP contribution in [0.5, 0.6) is 0 Å². The zero-order valence-electron chi connectivity index (χ0n) is 12.7. The van der Waals surface area contributed by atoms with Gasteiger partial charge < -0.3 is 10.6 Å². The molecular formula is C16H12F6N2O. The van der Waals surface area contributed by atoms with Crippen LogP contribution < -0.4 is 10.6 Å². The van der Waals surface area contributed by atoms with Crippen molar-refractivity contribution in [2.24, 2.45) is 0 Å². The Hall–Kier alpha value is -2.71. The van der Waals surface area contributed by atoms with Crippen LogP contribution in [0.1, 0.15) is 24.1 Å². The van der Waals surface area contributed by atoms with E-state index in [1.807, 2.05) is 5.32 Å². The molecule has 3 nitrogen and oxygen atoms in total. The van der Waals surface area contributed by atoms with E-state index in [2.05, 4.69) is 5.32 Å². The Morgan fingerprint density at radius 1 is 0.960 bits per heavy atom. The largest absolute Gasteiger partial charge is 0.416 e. The van der Waals surface area contributed by atoms with Gasteiger partial charge in [-0.15, -0.1) is 0 Å². The Kier molecular flexibility index (Phi) is 5.24. The van der Waals surface area contributed by atoms with Crippen LogP contribution in [0.25, 0.3) is 0 Å². The highest BCUT2D eigenvalue weighted by Crippen LogP contribution is 2.31. The van der Waals surface area contributed by atoms with E-state index < -0.39 is 47.0 Å². The molecule has 0 saturated heterocycles. The highest BCUT2D eigenvalue weighted by molar-refractivity contribution is 5.89. The summed E-state index contributed by atoms with van der Waals surface area (Å²) in [5, 5.41) is 4.25. The summed E-state index contributed by atoms with van der Waals surface area (Å²) < 4.78 is 77.5. The smallest absolute Gasteiger partial charge is 0.331 e. The van der Waals surface area contributed by atoms with Gasteiger partial charge in [0.25, 0.3) is 0 Å². The number of rotatable bonds is 3. The van der Waals surface area contributed by atoms with Crippen LogP contribution in [0.2, 0.25) is 0 Å². The molecule has 1 unspecified atom stereocenters. The van der Waals surface area contributed by atoms with Gasteiger partial charge in [-0.2, -0.15) is 13.2 Å². The molecule has 0 heterocycles. The normalized spacial score (nSPS) is 12.6. The summed E-state index contributed by atoms with van der Waals surface area (Å²) in [7, 11) is 0. The number of carbonyl (C=O) groups is 1. The van der Waals surface area contributed by atoms with Gasteiger partial charge in [-0.1, -0.05) is 6.07 Å². The number of benzene rings is 2. The number of nitrogens with one attached hydrogen (secondary N) is 2. The maximum Gasteiger partial charge on any atom is 0.416 e.